The van der Waals surface area contributed by atoms with Crippen LogP contribution in [0.25, 0.3) is 0 Å². The van der Waals surface area contributed by atoms with E-state index >= 15 is 0 Å². The number of benzene rings is 2. The summed E-state index contributed by atoms with van der Waals surface area (Å²) in [6.07, 6.45) is 0. The smallest absolute Gasteiger partial charge is 0.0933 e. The van der Waals surface area contributed by atoms with Gasteiger partial charge in [-0.15, -0.1) is 0 Å². The third-order valence-electron chi connectivity index (χ3n) is 2.19. The quantitative estimate of drug-likeness (QED) is 0.607. The largest absolute Gasteiger partial charge is 0.296 e. The van der Waals surface area contributed by atoms with E-state index in [1.54, 1.807) is 0 Å². The molecule has 0 bridgehead atoms. The molecular formula is C14H14NO. The van der Waals surface area contributed by atoms with E-state index in [2.05, 4.69) is 5.48 Å². The molecule has 2 aromatic carbocycles. The minimum Gasteiger partial charge on any atom is -0.296 e. The third-order valence-corrected chi connectivity index (χ3v) is 2.19. The van der Waals surface area contributed by atoms with Gasteiger partial charge < -0.3 is 0 Å². The third kappa shape index (κ3) is 3.50. The van der Waals surface area contributed by atoms with Gasteiger partial charge in [0.1, 0.15) is 0 Å². The maximum absolute atomic E-state index is 5.32. The number of rotatable bonds is 5. The lowest BCUT2D eigenvalue weighted by Crippen LogP contribution is -2.11. The van der Waals surface area contributed by atoms with Crippen molar-refractivity contribution in [1.82, 2.24) is 5.48 Å². The molecule has 0 heterocycles. The second kappa shape index (κ2) is 6.05. The van der Waals surface area contributed by atoms with E-state index in [1.165, 1.54) is 0 Å². The highest BCUT2D eigenvalue weighted by Gasteiger charge is 1.93. The average molecular weight is 212 g/mol. The van der Waals surface area contributed by atoms with Crippen LogP contribution in [0.15, 0.2) is 60.7 Å². The molecule has 0 aliphatic heterocycles. The molecule has 0 aliphatic rings. The topological polar surface area (TPSA) is 21.3 Å². The molecule has 2 heteroatoms. The molecule has 0 atom stereocenters. The fourth-order valence-corrected chi connectivity index (χ4v) is 1.36. The van der Waals surface area contributed by atoms with Gasteiger partial charge in [0, 0.05) is 0 Å². The van der Waals surface area contributed by atoms with Gasteiger partial charge in [-0.05, 0) is 11.1 Å². The molecule has 0 unspecified atom stereocenters. The normalized spacial score (nSPS) is 10.2. The summed E-state index contributed by atoms with van der Waals surface area (Å²) in [7, 11) is 0. The van der Waals surface area contributed by atoms with E-state index in [0.29, 0.717) is 6.61 Å². The zero-order valence-corrected chi connectivity index (χ0v) is 8.97. The zero-order valence-electron chi connectivity index (χ0n) is 8.97. The minimum atomic E-state index is 0.560. The van der Waals surface area contributed by atoms with Crippen LogP contribution in [-0.2, 0) is 11.4 Å². The van der Waals surface area contributed by atoms with Crippen LogP contribution >= 0.6 is 0 Å². The van der Waals surface area contributed by atoms with Crippen LogP contribution < -0.4 is 5.48 Å². The molecule has 0 amide bonds. The Morgan fingerprint density at radius 2 is 1.50 bits per heavy atom. The van der Waals surface area contributed by atoms with Gasteiger partial charge >= 0.3 is 0 Å². The van der Waals surface area contributed by atoms with Crippen LogP contribution in [0.5, 0.6) is 0 Å². The fourth-order valence-electron chi connectivity index (χ4n) is 1.36. The molecule has 0 spiro atoms. The lowest BCUT2D eigenvalue weighted by molar-refractivity contribution is 0.0485. The van der Waals surface area contributed by atoms with Crippen molar-refractivity contribution >= 4 is 0 Å². The summed E-state index contributed by atoms with van der Waals surface area (Å²) in [6, 6.07) is 20.1. The van der Waals surface area contributed by atoms with Crippen molar-refractivity contribution < 1.29 is 4.84 Å². The van der Waals surface area contributed by atoms with Gasteiger partial charge in [-0.1, -0.05) is 60.7 Å². The molecular weight excluding hydrogens is 198 g/mol. The molecule has 2 nitrogen and oxygen atoms in total. The Hall–Kier alpha value is -1.64. The summed E-state index contributed by atoms with van der Waals surface area (Å²) in [5.74, 6) is 0. The first-order chi connectivity index (χ1) is 7.95. The fraction of sp³-hybridized carbons (Fsp3) is 0.0714. The number of nitrogens with one attached hydrogen (secondary N) is 1. The second-order valence-electron chi connectivity index (χ2n) is 3.45. The summed E-state index contributed by atoms with van der Waals surface area (Å²) >= 11 is 0. The van der Waals surface area contributed by atoms with Crippen molar-refractivity contribution in [2.75, 3.05) is 0 Å². The molecule has 1 N–H and O–H groups in total. The van der Waals surface area contributed by atoms with Crippen molar-refractivity contribution in [2.45, 2.75) is 6.61 Å². The van der Waals surface area contributed by atoms with Crippen LogP contribution in [0.2, 0.25) is 0 Å². The highest BCUT2D eigenvalue weighted by atomic mass is 16.6. The zero-order chi connectivity index (χ0) is 11.1. The van der Waals surface area contributed by atoms with Crippen LogP contribution in [-0.4, -0.2) is 0 Å². The van der Waals surface area contributed by atoms with Gasteiger partial charge in [-0.25, -0.2) is 0 Å². The Balaban J connectivity index is 1.70. The van der Waals surface area contributed by atoms with E-state index in [1.807, 2.05) is 67.2 Å². The Bertz CT molecular complexity index is 358. The van der Waals surface area contributed by atoms with Gasteiger partial charge in [-0.2, -0.15) is 5.48 Å². The Morgan fingerprint density at radius 3 is 2.19 bits per heavy atom. The van der Waals surface area contributed by atoms with Crippen molar-refractivity contribution in [3.05, 3.63) is 78.3 Å². The second-order valence-corrected chi connectivity index (χ2v) is 3.45. The first-order valence-electron chi connectivity index (χ1n) is 5.25. The van der Waals surface area contributed by atoms with Gasteiger partial charge in [0.25, 0.3) is 0 Å². The molecule has 2 rings (SSSR count). The number of hydrogen-bond donors (Lipinski definition) is 1. The molecule has 0 aromatic heterocycles. The SMILES string of the molecule is [CH](NOCc1ccccc1)c1ccccc1. The summed E-state index contributed by atoms with van der Waals surface area (Å²) in [6.45, 7) is 2.40. The average Bonchev–Trinajstić information content (AvgIpc) is 2.37. The standard InChI is InChI=1S/C14H14NO/c1-3-7-13(8-4-1)11-15-16-12-14-9-5-2-6-10-14/h1-11,15H,12H2. The first kappa shape index (κ1) is 10.9. The van der Waals surface area contributed by atoms with E-state index in [-0.39, 0.29) is 0 Å². The van der Waals surface area contributed by atoms with Crippen molar-refractivity contribution in [2.24, 2.45) is 0 Å². The molecule has 0 fully saturated rings. The predicted molar refractivity (Wildman–Crippen MR) is 64.2 cm³/mol. The summed E-state index contributed by atoms with van der Waals surface area (Å²) < 4.78 is 0. The Morgan fingerprint density at radius 1 is 0.875 bits per heavy atom. The lowest BCUT2D eigenvalue weighted by atomic mass is 10.2. The van der Waals surface area contributed by atoms with Crippen LogP contribution in [0, 0.1) is 6.54 Å². The first-order valence-corrected chi connectivity index (χ1v) is 5.25. The molecule has 81 valence electrons. The van der Waals surface area contributed by atoms with Crippen molar-refractivity contribution in [3.8, 4) is 0 Å². The van der Waals surface area contributed by atoms with Gasteiger partial charge in [0.05, 0.1) is 13.2 Å². The lowest BCUT2D eigenvalue weighted by Gasteiger charge is -2.05. The van der Waals surface area contributed by atoms with Gasteiger partial charge in [0.2, 0.25) is 0 Å². The highest BCUT2D eigenvalue weighted by Crippen LogP contribution is 2.01. The summed E-state index contributed by atoms with van der Waals surface area (Å²) in [5, 5.41) is 0. The van der Waals surface area contributed by atoms with E-state index in [4.69, 9.17) is 4.84 Å². The molecule has 0 saturated heterocycles. The van der Waals surface area contributed by atoms with Crippen molar-refractivity contribution in [3.63, 3.8) is 0 Å². The summed E-state index contributed by atoms with van der Waals surface area (Å²) in [5.41, 5.74) is 5.07. The maximum atomic E-state index is 5.32. The van der Waals surface area contributed by atoms with E-state index in [9.17, 15) is 0 Å². The maximum Gasteiger partial charge on any atom is 0.0933 e. The molecule has 16 heavy (non-hydrogen) atoms. The van der Waals surface area contributed by atoms with E-state index in [0.717, 1.165) is 11.1 Å². The molecule has 0 aliphatic carbocycles. The molecule has 2 aromatic rings. The monoisotopic (exact) mass is 212 g/mol. The van der Waals surface area contributed by atoms with E-state index < -0.39 is 0 Å². The Kier molecular flexibility index (Phi) is 4.11. The number of hydrogen-bond acceptors (Lipinski definition) is 2. The van der Waals surface area contributed by atoms with Crippen LogP contribution in [0.1, 0.15) is 11.1 Å². The number of hydroxylamine groups is 1. The summed E-state index contributed by atoms with van der Waals surface area (Å²) in [4.78, 5) is 5.32. The van der Waals surface area contributed by atoms with Crippen LogP contribution in [0.3, 0.4) is 0 Å². The van der Waals surface area contributed by atoms with Gasteiger partial charge in [-0.3, -0.25) is 4.84 Å². The molecule has 0 saturated carbocycles. The van der Waals surface area contributed by atoms with Crippen LogP contribution in [0.4, 0.5) is 0 Å². The highest BCUT2D eigenvalue weighted by molar-refractivity contribution is 5.20. The Labute approximate surface area is 95.8 Å². The minimum absolute atomic E-state index is 0.560. The van der Waals surface area contributed by atoms with Gasteiger partial charge in [0.15, 0.2) is 0 Å². The molecule has 1 radical (unpaired) electrons. The van der Waals surface area contributed by atoms with Crippen molar-refractivity contribution in [1.29, 1.82) is 0 Å². The predicted octanol–water partition coefficient (Wildman–Crippen LogP) is 2.92.